The molecule has 0 aromatic carbocycles. The first kappa shape index (κ1) is 14.3. The largest absolute Gasteiger partial charge is 0.506 e. The third kappa shape index (κ3) is 2.07. The van der Waals surface area contributed by atoms with Gasteiger partial charge in [-0.15, -0.1) is 22.7 Å². The highest BCUT2D eigenvalue weighted by Gasteiger charge is 2.18. The number of rotatable bonds is 2. The molecule has 0 saturated carbocycles. The molecule has 0 spiro atoms. The van der Waals surface area contributed by atoms with Crippen LogP contribution < -0.4 is 5.56 Å². The molecular formula is C14H9N3O3S2. The minimum atomic E-state index is -0.601. The molecule has 22 heavy (non-hydrogen) atoms. The van der Waals surface area contributed by atoms with Gasteiger partial charge in [0, 0.05) is 15.8 Å². The van der Waals surface area contributed by atoms with Crippen LogP contribution in [0.3, 0.4) is 0 Å². The SMILES string of the molecule is CC(=NO)c1ccc(-c2csc3[nH]c(=O)c(C#N)c(O)c23)s1. The molecule has 0 atom stereocenters. The van der Waals surface area contributed by atoms with Gasteiger partial charge >= 0.3 is 0 Å². The fourth-order valence-corrected chi connectivity index (χ4v) is 4.09. The lowest BCUT2D eigenvalue weighted by atomic mass is 10.1. The van der Waals surface area contributed by atoms with E-state index in [2.05, 4.69) is 10.1 Å². The summed E-state index contributed by atoms with van der Waals surface area (Å²) in [7, 11) is 0. The van der Waals surface area contributed by atoms with E-state index in [1.54, 1.807) is 13.0 Å². The quantitative estimate of drug-likeness (QED) is 0.381. The molecule has 3 N–H and O–H groups in total. The molecule has 0 radical (unpaired) electrons. The van der Waals surface area contributed by atoms with E-state index < -0.39 is 5.56 Å². The zero-order chi connectivity index (χ0) is 15.9. The molecule has 3 heterocycles. The first-order chi connectivity index (χ1) is 10.6. The van der Waals surface area contributed by atoms with Crippen LogP contribution in [0, 0.1) is 11.3 Å². The van der Waals surface area contributed by atoms with Crippen molar-refractivity contribution in [2.45, 2.75) is 6.92 Å². The van der Waals surface area contributed by atoms with Crippen molar-refractivity contribution in [3.8, 4) is 22.3 Å². The van der Waals surface area contributed by atoms with E-state index in [9.17, 15) is 9.90 Å². The Morgan fingerprint density at radius 1 is 1.45 bits per heavy atom. The predicted molar refractivity (Wildman–Crippen MR) is 86.1 cm³/mol. The minimum absolute atomic E-state index is 0.294. The second-order valence-electron chi connectivity index (χ2n) is 4.49. The van der Waals surface area contributed by atoms with E-state index in [0.717, 1.165) is 15.3 Å². The number of hydrogen-bond donors (Lipinski definition) is 3. The van der Waals surface area contributed by atoms with Crippen molar-refractivity contribution in [3.05, 3.63) is 38.3 Å². The first-order valence-electron chi connectivity index (χ1n) is 6.12. The summed E-state index contributed by atoms with van der Waals surface area (Å²) in [6.45, 7) is 1.68. The summed E-state index contributed by atoms with van der Waals surface area (Å²) in [6.07, 6.45) is 0. The second kappa shape index (κ2) is 5.29. The number of fused-ring (bicyclic) bond motifs is 1. The Bertz CT molecular complexity index is 1000. The van der Waals surface area contributed by atoms with Crippen LogP contribution in [-0.4, -0.2) is 21.0 Å². The Kier molecular flexibility index (Phi) is 3.44. The van der Waals surface area contributed by atoms with Crippen LogP contribution in [-0.2, 0) is 0 Å². The van der Waals surface area contributed by atoms with E-state index in [0.29, 0.717) is 15.9 Å². The normalized spacial score (nSPS) is 11.7. The molecule has 0 aliphatic heterocycles. The highest BCUT2D eigenvalue weighted by Crippen LogP contribution is 2.41. The maximum absolute atomic E-state index is 11.7. The Morgan fingerprint density at radius 2 is 2.23 bits per heavy atom. The van der Waals surface area contributed by atoms with Crippen molar-refractivity contribution >= 4 is 38.6 Å². The molecule has 110 valence electrons. The van der Waals surface area contributed by atoms with Gasteiger partial charge < -0.3 is 15.3 Å². The third-order valence-corrected chi connectivity index (χ3v) is 5.33. The maximum Gasteiger partial charge on any atom is 0.270 e. The lowest BCUT2D eigenvalue weighted by molar-refractivity contribution is 0.319. The van der Waals surface area contributed by atoms with Crippen molar-refractivity contribution < 1.29 is 10.3 Å². The highest BCUT2D eigenvalue weighted by atomic mass is 32.1. The molecule has 8 heteroatoms. The summed E-state index contributed by atoms with van der Waals surface area (Å²) in [5, 5.41) is 33.5. The van der Waals surface area contributed by atoms with Gasteiger partial charge in [-0.1, -0.05) is 5.16 Å². The highest BCUT2D eigenvalue weighted by molar-refractivity contribution is 7.20. The summed E-state index contributed by atoms with van der Waals surface area (Å²) < 4.78 is 0. The fraction of sp³-hybridized carbons (Fsp3) is 0.0714. The molecule has 3 aromatic rings. The number of nitrogens with zero attached hydrogens (tertiary/aromatic N) is 2. The monoisotopic (exact) mass is 331 g/mol. The van der Waals surface area contributed by atoms with Crippen LogP contribution >= 0.6 is 22.7 Å². The van der Waals surface area contributed by atoms with Crippen molar-refractivity contribution in [2.75, 3.05) is 0 Å². The Morgan fingerprint density at radius 3 is 2.91 bits per heavy atom. The average Bonchev–Trinajstić information content (AvgIpc) is 3.13. The number of aromatic amines is 1. The Hall–Kier alpha value is -2.63. The molecule has 0 fully saturated rings. The Balaban J connectivity index is 2.27. The van der Waals surface area contributed by atoms with Crippen LogP contribution in [0.2, 0.25) is 0 Å². The number of pyridine rings is 1. The number of hydrogen-bond acceptors (Lipinski definition) is 7. The van der Waals surface area contributed by atoms with Gasteiger partial charge in [-0.25, -0.2) is 0 Å². The number of H-pyrrole nitrogens is 1. The number of nitrogens with one attached hydrogen (secondary N) is 1. The van der Waals surface area contributed by atoms with Gasteiger partial charge in [-0.2, -0.15) is 5.26 Å². The van der Waals surface area contributed by atoms with Crippen molar-refractivity contribution in [1.82, 2.24) is 4.98 Å². The van der Waals surface area contributed by atoms with E-state index in [-0.39, 0.29) is 11.3 Å². The molecule has 0 aliphatic carbocycles. The van der Waals surface area contributed by atoms with Gasteiger partial charge in [0.1, 0.15) is 16.6 Å². The van der Waals surface area contributed by atoms with Gasteiger partial charge in [0.25, 0.3) is 5.56 Å². The Labute approximate surface area is 132 Å². The third-order valence-electron chi connectivity index (χ3n) is 3.21. The van der Waals surface area contributed by atoms with E-state index >= 15 is 0 Å². The van der Waals surface area contributed by atoms with Gasteiger partial charge in [0.05, 0.1) is 16.0 Å². The van der Waals surface area contributed by atoms with Gasteiger partial charge in [0.15, 0.2) is 5.56 Å². The smallest absolute Gasteiger partial charge is 0.270 e. The number of thiophene rings is 2. The van der Waals surface area contributed by atoms with Gasteiger partial charge in [-0.3, -0.25) is 4.79 Å². The maximum atomic E-state index is 11.7. The number of oxime groups is 1. The number of aromatic nitrogens is 1. The zero-order valence-electron chi connectivity index (χ0n) is 11.2. The van der Waals surface area contributed by atoms with Crippen molar-refractivity contribution in [1.29, 1.82) is 5.26 Å². The second-order valence-corrected chi connectivity index (χ2v) is 6.46. The number of nitriles is 1. The van der Waals surface area contributed by atoms with Crippen LogP contribution in [0.15, 0.2) is 27.5 Å². The fourth-order valence-electron chi connectivity index (χ4n) is 2.09. The van der Waals surface area contributed by atoms with Crippen molar-refractivity contribution in [2.24, 2.45) is 5.16 Å². The molecule has 0 bridgehead atoms. The topological polar surface area (TPSA) is 109 Å². The number of aromatic hydroxyl groups is 1. The molecule has 0 unspecified atom stereocenters. The molecule has 3 rings (SSSR count). The summed E-state index contributed by atoms with van der Waals surface area (Å²) in [5.74, 6) is -0.306. The molecule has 3 aromatic heterocycles. The zero-order valence-corrected chi connectivity index (χ0v) is 12.9. The van der Waals surface area contributed by atoms with Gasteiger partial charge in [-0.05, 0) is 19.1 Å². The molecule has 0 saturated heterocycles. The average molecular weight is 331 g/mol. The van der Waals surface area contributed by atoms with Gasteiger partial charge in [0.2, 0.25) is 0 Å². The predicted octanol–water partition coefficient (Wildman–Crippen LogP) is 3.09. The lowest BCUT2D eigenvalue weighted by Gasteiger charge is -2.00. The van der Waals surface area contributed by atoms with Crippen LogP contribution in [0.5, 0.6) is 5.75 Å². The first-order valence-corrected chi connectivity index (χ1v) is 7.82. The summed E-state index contributed by atoms with van der Waals surface area (Å²) in [6, 6.07) is 5.37. The summed E-state index contributed by atoms with van der Waals surface area (Å²) >= 11 is 2.68. The molecule has 0 amide bonds. The van der Waals surface area contributed by atoms with Crippen LogP contribution in [0.1, 0.15) is 17.4 Å². The van der Waals surface area contributed by atoms with Crippen LogP contribution in [0.4, 0.5) is 0 Å². The summed E-state index contributed by atoms with van der Waals surface area (Å²) in [4.78, 5) is 16.4. The van der Waals surface area contributed by atoms with E-state index in [4.69, 9.17) is 10.5 Å². The lowest BCUT2D eigenvalue weighted by Crippen LogP contribution is -2.09. The molecular weight excluding hydrogens is 322 g/mol. The standard InChI is InChI=1S/C14H9N3O3S2/c1-6(17-20)9-2-3-10(22-9)8-5-21-14-11(8)12(18)7(4-15)13(19)16-14/h2-3,5,20H,1H3,(H2,16,18,19). The van der Waals surface area contributed by atoms with Crippen LogP contribution in [0.25, 0.3) is 20.7 Å². The van der Waals surface area contributed by atoms with E-state index in [1.165, 1.54) is 22.7 Å². The van der Waals surface area contributed by atoms with Crippen molar-refractivity contribution in [3.63, 3.8) is 0 Å². The molecule has 6 nitrogen and oxygen atoms in total. The molecule has 0 aliphatic rings. The minimum Gasteiger partial charge on any atom is -0.506 e. The summed E-state index contributed by atoms with van der Waals surface area (Å²) in [5.41, 5.74) is 0.325. The van der Waals surface area contributed by atoms with E-state index in [1.807, 2.05) is 17.5 Å².